The van der Waals surface area contributed by atoms with Gasteiger partial charge in [0.25, 0.3) is 0 Å². The number of hydrogen-bond acceptors (Lipinski definition) is 1. The second-order valence-electron chi connectivity index (χ2n) is 6.00. The quantitative estimate of drug-likeness (QED) is 0.655. The van der Waals surface area contributed by atoms with Gasteiger partial charge in [0.05, 0.1) is 6.10 Å². The summed E-state index contributed by atoms with van der Waals surface area (Å²) in [4.78, 5) is 0. The van der Waals surface area contributed by atoms with Gasteiger partial charge in [-0.25, -0.2) is 0 Å². The van der Waals surface area contributed by atoms with Gasteiger partial charge in [-0.1, -0.05) is 19.9 Å². The molecule has 0 heterocycles. The van der Waals surface area contributed by atoms with Crippen molar-refractivity contribution in [2.45, 2.75) is 52.1 Å². The molecule has 0 aliphatic heterocycles. The summed E-state index contributed by atoms with van der Waals surface area (Å²) in [6, 6.07) is 0. The number of fused-ring (bicyclic) bond motifs is 1. The maximum absolute atomic E-state index is 9.96. The van der Waals surface area contributed by atoms with Gasteiger partial charge in [0.2, 0.25) is 0 Å². The van der Waals surface area contributed by atoms with Crippen molar-refractivity contribution in [1.29, 1.82) is 0 Å². The molecule has 2 aliphatic rings. The van der Waals surface area contributed by atoms with Gasteiger partial charge in [-0.2, -0.15) is 0 Å². The van der Waals surface area contributed by atoms with Crippen LogP contribution in [0.5, 0.6) is 0 Å². The van der Waals surface area contributed by atoms with Crippen LogP contribution in [-0.2, 0) is 0 Å². The summed E-state index contributed by atoms with van der Waals surface area (Å²) in [5.74, 6) is 1.88. The summed E-state index contributed by atoms with van der Waals surface area (Å²) in [5, 5.41) is 9.96. The van der Waals surface area contributed by atoms with Crippen LogP contribution in [-0.4, -0.2) is 11.2 Å². The van der Waals surface area contributed by atoms with Crippen LogP contribution in [0.25, 0.3) is 0 Å². The van der Waals surface area contributed by atoms with E-state index in [-0.39, 0.29) is 6.10 Å². The average Bonchev–Trinajstić information content (AvgIpc) is 2.24. The Kier molecular flexibility index (Phi) is 2.94. The van der Waals surface area contributed by atoms with E-state index in [0.717, 1.165) is 6.42 Å². The largest absolute Gasteiger partial charge is 0.393 e. The Labute approximate surface area is 93.6 Å². The number of aliphatic hydroxyl groups is 1. The third kappa shape index (κ3) is 1.87. The minimum absolute atomic E-state index is 0.0633. The van der Waals surface area contributed by atoms with Crippen LogP contribution in [0, 0.1) is 23.2 Å². The normalized spacial score (nSPS) is 50.9. The molecule has 1 nitrogen and oxygen atoms in total. The van der Waals surface area contributed by atoms with Crippen molar-refractivity contribution < 1.29 is 5.11 Å². The van der Waals surface area contributed by atoms with Crippen molar-refractivity contribution in [3.8, 4) is 0 Å². The van der Waals surface area contributed by atoms with E-state index in [4.69, 9.17) is 0 Å². The standard InChI is InChI=1S/C14H24O/c1-4-11-5-7-14(3)8-6-13(15)10(2)12(14)9-11/h4,10-13,15H,1,5-9H2,2-3H3/t10-,11-,12-,13-,14+/m1/s1. The molecule has 15 heavy (non-hydrogen) atoms. The van der Waals surface area contributed by atoms with Gasteiger partial charge in [-0.3, -0.25) is 0 Å². The van der Waals surface area contributed by atoms with Crippen LogP contribution in [0.3, 0.4) is 0 Å². The zero-order chi connectivity index (χ0) is 11.1. The van der Waals surface area contributed by atoms with E-state index in [9.17, 15) is 5.11 Å². The van der Waals surface area contributed by atoms with E-state index < -0.39 is 0 Å². The zero-order valence-corrected chi connectivity index (χ0v) is 10.1. The van der Waals surface area contributed by atoms with Crippen LogP contribution >= 0.6 is 0 Å². The van der Waals surface area contributed by atoms with Crippen LogP contribution in [0.4, 0.5) is 0 Å². The SMILES string of the molecule is C=C[C@@H]1CC[C@@]2(C)CC[C@@H](O)[C@H](C)[C@H]2C1. The van der Waals surface area contributed by atoms with Crippen molar-refractivity contribution in [3.05, 3.63) is 12.7 Å². The van der Waals surface area contributed by atoms with Crippen molar-refractivity contribution in [1.82, 2.24) is 0 Å². The maximum atomic E-state index is 9.96. The van der Waals surface area contributed by atoms with Gasteiger partial charge < -0.3 is 5.11 Å². The highest BCUT2D eigenvalue weighted by atomic mass is 16.3. The molecule has 2 saturated carbocycles. The highest BCUT2D eigenvalue weighted by Crippen LogP contribution is 2.53. The number of allylic oxidation sites excluding steroid dienone is 1. The minimum atomic E-state index is -0.0633. The second-order valence-corrected chi connectivity index (χ2v) is 6.00. The van der Waals surface area contributed by atoms with Crippen molar-refractivity contribution in [2.24, 2.45) is 23.2 Å². The molecular weight excluding hydrogens is 184 g/mol. The third-order valence-electron chi connectivity index (χ3n) is 5.12. The Morgan fingerprint density at radius 1 is 1.33 bits per heavy atom. The lowest BCUT2D eigenvalue weighted by Gasteiger charge is -2.51. The first-order valence-corrected chi connectivity index (χ1v) is 6.37. The molecule has 0 radical (unpaired) electrons. The van der Waals surface area contributed by atoms with E-state index in [1.807, 2.05) is 0 Å². The summed E-state index contributed by atoms with van der Waals surface area (Å²) in [6.07, 6.45) is 8.16. The van der Waals surface area contributed by atoms with E-state index in [0.29, 0.717) is 23.2 Å². The van der Waals surface area contributed by atoms with Crippen LogP contribution in [0.15, 0.2) is 12.7 Å². The fraction of sp³-hybridized carbons (Fsp3) is 0.857. The Hall–Kier alpha value is -0.300. The first-order valence-electron chi connectivity index (χ1n) is 6.37. The Balaban J connectivity index is 2.15. The third-order valence-corrected chi connectivity index (χ3v) is 5.12. The number of hydrogen-bond donors (Lipinski definition) is 1. The number of rotatable bonds is 1. The molecule has 86 valence electrons. The minimum Gasteiger partial charge on any atom is -0.393 e. The van der Waals surface area contributed by atoms with Gasteiger partial charge >= 0.3 is 0 Å². The van der Waals surface area contributed by atoms with Crippen LogP contribution in [0.2, 0.25) is 0 Å². The van der Waals surface area contributed by atoms with Gasteiger partial charge in [-0.15, -0.1) is 6.58 Å². The monoisotopic (exact) mass is 208 g/mol. The van der Waals surface area contributed by atoms with Crippen LogP contribution < -0.4 is 0 Å². The van der Waals surface area contributed by atoms with Gasteiger partial charge in [-0.05, 0) is 55.3 Å². The van der Waals surface area contributed by atoms with E-state index >= 15 is 0 Å². The zero-order valence-electron chi connectivity index (χ0n) is 10.1. The lowest BCUT2D eigenvalue weighted by atomic mass is 9.54. The number of aliphatic hydroxyl groups excluding tert-OH is 1. The molecule has 2 aliphatic carbocycles. The topological polar surface area (TPSA) is 20.2 Å². The highest BCUT2D eigenvalue weighted by Gasteiger charge is 2.46. The molecule has 0 aromatic heterocycles. The Morgan fingerprint density at radius 2 is 2.00 bits per heavy atom. The molecule has 2 rings (SSSR count). The van der Waals surface area contributed by atoms with Crippen LogP contribution in [0.1, 0.15) is 46.0 Å². The van der Waals surface area contributed by atoms with Crippen molar-refractivity contribution in [3.63, 3.8) is 0 Å². The fourth-order valence-electron chi connectivity index (χ4n) is 3.81. The molecule has 2 fully saturated rings. The van der Waals surface area contributed by atoms with Gasteiger partial charge in [0.1, 0.15) is 0 Å². The van der Waals surface area contributed by atoms with E-state index in [1.165, 1.54) is 25.7 Å². The Morgan fingerprint density at radius 3 is 2.67 bits per heavy atom. The van der Waals surface area contributed by atoms with Crippen molar-refractivity contribution in [2.75, 3.05) is 0 Å². The molecule has 0 aromatic carbocycles. The Bertz CT molecular complexity index is 248. The summed E-state index contributed by atoms with van der Waals surface area (Å²) in [5.41, 5.74) is 0.498. The molecular formula is C14H24O. The molecule has 0 unspecified atom stereocenters. The van der Waals surface area contributed by atoms with Gasteiger partial charge in [0, 0.05) is 0 Å². The molecule has 5 atom stereocenters. The smallest absolute Gasteiger partial charge is 0.0568 e. The fourth-order valence-corrected chi connectivity index (χ4v) is 3.81. The lowest BCUT2D eigenvalue weighted by Crippen LogP contribution is -2.46. The molecule has 1 N–H and O–H groups in total. The average molecular weight is 208 g/mol. The van der Waals surface area contributed by atoms with Crippen molar-refractivity contribution >= 4 is 0 Å². The second kappa shape index (κ2) is 3.93. The maximum Gasteiger partial charge on any atom is 0.0568 e. The summed E-state index contributed by atoms with van der Waals surface area (Å²) in [6.45, 7) is 8.59. The summed E-state index contributed by atoms with van der Waals surface area (Å²) in [7, 11) is 0. The van der Waals surface area contributed by atoms with E-state index in [2.05, 4.69) is 26.5 Å². The summed E-state index contributed by atoms with van der Waals surface area (Å²) >= 11 is 0. The molecule has 0 spiro atoms. The molecule has 1 heteroatoms. The molecule has 0 amide bonds. The highest BCUT2D eigenvalue weighted by molar-refractivity contribution is 4.99. The molecule has 0 bridgehead atoms. The first-order chi connectivity index (χ1) is 7.07. The molecule has 0 aromatic rings. The molecule has 0 saturated heterocycles. The predicted molar refractivity (Wildman–Crippen MR) is 63.5 cm³/mol. The lowest BCUT2D eigenvalue weighted by molar-refractivity contribution is -0.0625. The predicted octanol–water partition coefficient (Wildman–Crippen LogP) is 3.39. The first kappa shape index (κ1) is 11.2. The van der Waals surface area contributed by atoms with E-state index in [1.54, 1.807) is 0 Å². The summed E-state index contributed by atoms with van der Waals surface area (Å²) < 4.78 is 0. The van der Waals surface area contributed by atoms with Gasteiger partial charge in [0.15, 0.2) is 0 Å².